The molecule has 12 heteroatoms. The maximum Gasteiger partial charge on any atom is 0.534 e. The lowest BCUT2D eigenvalue weighted by Crippen LogP contribution is -2.32. The Morgan fingerprint density at radius 2 is 1.96 bits per heavy atom. The van der Waals surface area contributed by atoms with E-state index >= 15 is 0 Å². The van der Waals surface area contributed by atoms with Gasteiger partial charge in [0.2, 0.25) is 5.88 Å². The molecule has 0 saturated carbocycles. The molecule has 0 aliphatic carbocycles. The van der Waals surface area contributed by atoms with Crippen molar-refractivity contribution in [2.24, 2.45) is 0 Å². The summed E-state index contributed by atoms with van der Waals surface area (Å²) in [6.07, 6.45) is -0.981. The fraction of sp³-hybridized carbons (Fsp3) is 0.636. The fourth-order valence-electron chi connectivity index (χ4n) is 2.23. The third-order valence-corrected chi connectivity index (χ3v) is 4.32. The van der Waals surface area contributed by atoms with Crippen LogP contribution in [0.3, 0.4) is 0 Å². The van der Waals surface area contributed by atoms with Gasteiger partial charge in [-0.3, -0.25) is 0 Å². The highest BCUT2D eigenvalue weighted by atomic mass is 32.2. The molecule has 1 aromatic rings. The number of aryl methyl sites for hydroxylation is 1. The quantitative estimate of drug-likeness (QED) is 0.644. The molecule has 2 heterocycles. The first-order valence-electron chi connectivity index (χ1n) is 6.64. The maximum atomic E-state index is 12.5. The number of alkyl halides is 3. The lowest BCUT2D eigenvalue weighted by Gasteiger charge is -2.16. The van der Waals surface area contributed by atoms with Crippen LogP contribution in [0.25, 0.3) is 0 Å². The van der Waals surface area contributed by atoms with Crippen LogP contribution in [0.1, 0.15) is 18.2 Å². The maximum absolute atomic E-state index is 12.5. The lowest BCUT2D eigenvalue weighted by molar-refractivity contribution is -0.0502. The molecule has 0 bridgehead atoms. The van der Waals surface area contributed by atoms with Gasteiger partial charge in [0, 0.05) is 31.6 Å². The van der Waals surface area contributed by atoms with E-state index in [9.17, 15) is 26.4 Å². The summed E-state index contributed by atoms with van der Waals surface area (Å²) in [6, 6.07) is 0. The van der Waals surface area contributed by atoms with Gasteiger partial charge in [0.05, 0.1) is 5.69 Å². The minimum absolute atomic E-state index is 0.0141. The van der Waals surface area contributed by atoms with E-state index in [0.717, 1.165) is 9.58 Å². The monoisotopic (exact) mass is 357 g/mol. The summed E-state index contributed by atoms with van der Waals surface area (Å²) in [5.74, 6) is -0.507. The summed E-state index contributed by atoms with van der Waals surface area (Å²) in [4.78, 5) is 12.1. The van der Waals surface area contributed by atoms with Crippen LogP contribution in [0.4, 0.5) is 18.0 Å². The van der Waals surface area contributed by atoms with Crippen LogP contribution in [-0.4, -0.2) is 52.9 Å². The molecule has 0 aromatic carbocycles. The van der Waals surface area contributed by atoms with Crippen LogP contribution in [0.5, 0.6) is 5.88 Å². The second-order valence-corrected chi connectivity index (χ2v) is 6.34. The summed E-state index contributed by atoms with van der Waals surface area (Å²) < 4.78 is 65.3. The van der Waals surface area contributed by atoms with Gasteiger partial charge in [-0.1, -0.05) is 0 Å². The number of aromatic nitrogens is 2. The topological polar surface area (TPSA) is 102 Å². The molecule has 0 spiro atoms. The Labute approximate surface area is 129 Å². The van der Waals surface area contributed by atoms with Crippen molar-refractivity contribution < 1.29 is 35.7 Å². The van der Waals surface area contributed by atoms with Crippen LogP contribution in [0.2, 0.25) is 0 Å². The average molecular weight is 357 g/mol. The Morgan fingerprint density at radius 1 is 1.35 bits per heavy atom. The molecule has 1 amide bonds. The smallest absolute Gasteiger partial charge is 0.465 e. The molecule has 130 valence electrons. The van der Waals surface area contributed by atoms with Crippen molar-refractivity contribution in [3.05, 3.63) is 11.3 Å². The van der Waals surface area contributed by atoms with E-state index in [0.29, 0.717) is 5.69 Å². The Kier molecular flexibility index (Phi) is 4.46. The third-order valence-electron chi connectivity index (χ3n) is 3.37. The summed E-state index contributed by atoms with van der Waals surface area (Å²) in [7, 11) is -5.82. The van der Waals surface area contributed by atoms with Crippen molar-refractivity contribution in [2.75, 3.05) is 13.1 Å². The number of carboxylic acid groups (broad SMARTS) is 1. The first kappa shape index (κ1) is 17.4. The van der Waals surface area contributed by atoms with Crippen molar-refractivity contribution in [3.8, 4) is 5.88 Å². The molecule has 0 atom stereocenters. The van der Waals surface area contributed by atoms with Gasteiger partial charge in [-0.2, -0.15) is 26.7 Å². The van der Waals surface area contributed by atoms with Crippen molar-refractivity contribution in [3.63, 3.8) is 0 Å². The predicted octanol–water partition coefficient (Wildman–Crippen LogP) is 1.21. The minimum Gasteiger partial charge on any atom is -0.465 e. The Balaban J connectivity index is 2.39. The standard InChI is InChI=1S/C11H14F3N3O5S/c1-2-17-9(22-23(20,21)11(12,13)14)7-3-5-16(10(18)19)6-4-8(7)15-17/h2-6H2,1H3,(H,18,19). The van der Waals surface area contributed by atoms with Gasteiger partial charge in [-0.15, -0.1) is 0 Å². The second-order valence-electron chi connectivity index (χ2n) is 4.80. The first-order valence-corrected chi connectivity index (χ1v) is 8.04. The van der Waals surface area contributed by atoms with Crippen LogP contribution >= 0.6 is 0 Å². The van der Waals surface area contributed by atoms with Gasteiger partial charge in [0.25, 0.3) is 0 Å². The van der Waals surface area contributed by atoms with Crippen molar-refractivity contribution in [1.29, 1.82) is 0 Å². The number of carbonyl (C=O) groups is 1. The number of fused-ring (bicyclic) bond motifs is 1. The molecule has 0 unspecified atom stereocenters. The van der Waals surface area contributed by atoms with Gasteiger partial charge in [-0.05, 0) is 13.3 Å². The average Bonchev–Trinajstić information content (AvgIpc) is 2.62. The summed E-state index contributed by atoms with van der Waals surface area (Å²) in [6.45, 7) is 1.82. The van der Waals surface area contributed by atoms with E-state index in [1.54, 1.807) is 6.92 Å². The van der Waals surface area contributed by atoms with Crippen LogP contribution < -0.4 is 4.18 Å². The zero-order valence-electron chi connectivity index (χ0n) is 12.0. The highest BCUT2D eigenvalue weighted by Gasteiger charge is 2.49. The molecule has 2 rings (SSSR count). The molecule has 1 aliphatic rings. The molecule has 1 aliphatic heterocycles. The van der Waals surface area contributed by atoms with Crippen LogP contribution in [0.15, 0.2) is 0 Å². The van der Waals surface area contributed by atoms with E-state index in [-0.39, 0.29) is 38.0 Å². The number of amides is 1. The minimum atomic E-state index is -5.82. The van der Waals surface area contributed by atoms with Crippen LogP contribution in [0, 0.1) is 0 Å². The largest absolute Gasteiger partial charge is 0.534 e. The van der Waals surface area contributed by atoms with E-state index < -0.39 is 27.6 Å². The molecule has 0 fully saturated rings. The molecule has 1 aromatic heterocycles. The van der Waals surface area contributed by atoms with E-state index in [4.69, 9.17) is 5.11 Å². The Bertz CT molecular complexity index is 713. The zero-order chi connectivity index (χ0) is 17.4. The van der Waals surface area contributed by atoms with Gasteiger partial charge >= 0.3 is 21.7 Å². The summed E-state index contributed by atoms with van der Waals surface area (Å²) >= 11 is 0. The number of hydrogen-bond acceptors (Lipinski definition) is 5. The van der Waals surface area contributed by atoms with E-state index in [1.807, 2.05) is 0 Å². The SMILES string of the molecule is CCn1nc2c(c1OS(=O)(=O)C(F)(F)F)CCN(C(=O)O)CC2. The summed E-state index contributed by atoms with van der Waals surface area (Å²) in [5.41, 5.74) is -5.04. The highest BCUT2D eigenvalue weighted by Crippen LogP contribution is 2.32. The van der Waals surface area contributed by atoms with Gasteiger partial charge in [0.15, 0.2) is 0 Å². The number of hydrogen-bond donors (Lipinski definition) is 1. The second kappa shape index (κ2) is 5.91. The number of rotatable bonds is 3. The molecule has 23 heavy (non-hydrogen) atoms. The van der Waals surface area contributed by atoms with Crippen LogP contribution in [-0.2, 0) is 29.5 Å². The predicted molar refractivity (Wildman–Crippen MR) is 70.5 cm³/mol. The molecular weight excluding hydrogens is 343 g/mol. The van der Waals surface area contributed by atoms with Gasteiger partial charge in [-0.25, -0.2) is 9.48 Å². The number of nitrogens with zero attached hydrogens (tertiary/aromatic N) is 3. The summed E-state index contributed by atoms with van der Waals surface area (Å²) in [5, 5.41) is 13.0. The third kappa shape index (κ3) is 3.35. The molecule has 8 nitrogen and oxygen atoms in total. The van der Waals surface area contributed by atoms with Crippen molar-refractivity contribution >= 4 is 16.2 Å². The Hall–Kier alpha value is -1.98. The van der Waals surface area contributed by atoms with Crippen molar-refractivity contribution in [2.45, 2.75) is 31.8 Å². The van der Waals surface area contributed by atoms with Crippen molar-refractivity contribution in [1.82, 2.24) is 14.7 Å². The van der Waals surface area contributed by atoms with Gasteiger partial charge < -0.3 is 14.2 Å². The molecule has 1 N–H and O–H groups in total. The molecule has 0 radical (unpaired) electrons. The zero-order valence-corrected chi connectivity index (χ0v) is 12.8. The fourth-order valence-corrected chi connectivity index (χ4v) is 2.72. The molecule has 0 saturated heterocycles. The normalized spacial score (nSPS) is 15.9. The van der Waals surface area contributed by atoms with E-state index in [2.05, 4.69) is 9.28 Å². The highest BCUT2D eigenvalue weighted by molar-refractivity contribution is 7.87. The number of halogens is 3. The molecular formula is C11H14F3N3O5S. The lowest BCUT2D eigenvalue weighted by atomic mass is 10.1. The Morgan fingerprint density at radius 3 is 2.48 bits per heavy atom. The van der Waals surface area contributed by atoms with E-state index in [1.165, 1.54) is 0 Å². The van der Waals surface area contributed by atoms with Gasteiger partial charge in [0.1, 0.15) is 0 Å². The first-order chi connectivity index (χ1) is 10.6.